The van der Waals surface area contributed by atoms with Crippen molar-refractivity contribution in [3.63, 3.8) is 0 Å². The van der Waals surface area contributed by atoms with E-state index in [1.54, 1.807) is 36.2 Å². The van der Waals surface area contributed by atoms with Gasteiger partial charge >= 0.3 is 0 Å². The monoisotopic (exact) mass is 592 g/mol. The molecule has 2 aromatic carbocycles. The summed E-state index contributed by atoms with van der Waals surface area (Å²) in [6.07, 6.45) is 6.03. The summed E-state index contributed by atoms with van der Waals surface area (Å²) >= 11 is 1.52. The van der Waals surface area contributed by atoms with Crippen molar-refractivity contribution in [2.45, 2.75) is 70.2 Å². The summed E-state index contributed by atoms with van der Waals surface area (Å²) < 4.78 is 29.1. The van der Waals surface area contributed by atoms with Gasteiger partial charge in [0.2, 0.25) is 10.0 Å². The summed E-state index contributed by atoms with van der Waals surface area (Å²) in [4.78, 5) is 22.8. The zero-order chi connectivity index (χ0) is 27.3. The molecule has 1 saturated carbocycles. The fraction of sp³-hybridized carbons (Fsp3) is 0.517. The second kappa shape index (κ2) is 14.0. The molecule has 1 amide bonds. The molecule has 0 spiro atoms. The minimum absolute atomic E-state index is 0. The number of aromatic nitrogens is 1. The van der Waals surface area contributed by atoms with E-state index in [9.17, 15) is 13.2 Å². The first-order valence-electron chi connectivity index (χ1n) is 13.8. The Hall–Kier alpha value is -2.04. The van der Waals surface area contributed by atoms with Crippen molar-refractivity contribution in [2.24, 2.45) is 0 Å². The van der Waals surface area contributed by atoms with Crippen LogP contribution in [0.15, 0.2) is 47.4 Å². The van der Waals surface area contributed by atoms with Crippen LogP contribution in [0.4, 0.5) is 5.13 Å². The van der Waals surface area contributed by atoms with E-state index in [0.29, 0.717) is 17.2 Å². The van der Waals surface area contributed by atoms with Gasteiger partial charge in [0.1, 0.15) is 0 Å². The van der Waals surface area contributed by atoms with Crippen molar-refractivity contribution in [1.29, 1.82) is 0 Å². The Morgan fingerprint density at radius 3 is 2.26 bits per heavy atom. The summed E-state index contributed by atoms with van der Waals surface area (Å²) in [5.41, 5.74) is 2.58. The van der Waals surface area contributed by atoms with Gasteiger partial charge in [-0.1, -0.05) is 57.4 Å². The van der Waals surface area contributed by atoms with Gasteiger partial charge in [0.15, 0.2) is 5.13 Å². The molecule has 39 heavy (non-hydrogen) atoms. The van der Waals surface area contributed by atoms with E-state index in [1.165, 1.54) is 27.6 Å². The maximum Gasteiger partial charge on any atom is 0.260 e. The zero-order valence-electron chi connectivity index (χ0n) is 23.4. The summed E-state index contributed by atoms with van der Waals surface area (Å²) in [5.74, 6) is -0.170. The topological polar surface area (TPSA) is 73.8 Å². The molecular weight excluding hydrogens is 552 g/mol. The number of anilines is 1. The van der Waals surface area contributed by atoms with Gasteiger partial charge in [-0.3, -0.25) is 9.69 Å². The van der Waals surface area contributed by atoms with Crippen molar-refractivity contribution >= 4 is 55.0 Å². The number of halogens is 1. The van der Waals surface area contributed by atoms with Crippen LogP contribution < -0.4 is 4.90 Å². The number of thiazole rings is 1. The molecule has 1 aromatic heterocycles. The number of fused-ring (bicyclic) bond motifs is 1. The summed E-state index contributed by atoms with van der Waals surface area (Å²) in [6, 6.07) is 12.7. The molecule has 0 N–H and O–H groups in total. The van der Waals surface area contributed by atoms with Crippen molar-refractivity contribution in [3.05, 3.63) is 53.6 Å². The normalized spacial score (nSPS) is 14.6. The molecular formula is C29H41ClN4O3S2. The lowest BCUT2D eigenvalue weighted by molar-refractivity contribution is 0.0983. The molecule has 1 heterocycles. The van der Waals surface area contributed by atoms with E-state index in [2.05, 4.69) is 37.8 Å². The van der Waals surface area contributed by atoms with Crippen molar-refractivity contribution in [2.75, 3.05) is 38.1 Å². The molecule has 1 fully saturated rings. The van der Waals surface area contributed by atoms with Crippen molar-refractivity contribution in [3.8, 4) is 0 Å². The molecule has 4 rings (SSSR count). The van der Waals surface area contributed by atoms with E-state index in [-0.39, 0.29) is 29.3 Å². The Labute approximate surface area is 243 Å². The number of hydrogen-bond acceptors (Lipinski definition) is 6. The quantitative estimate of drug-likeness (QED) is 0.264. The Kier molecular flexibility index (Phi) is 11.3. The first-order chi connectivity index (χ1) is 18.3. The lowest BCUT2D eigenvalue weighted by atomic mass is 9.96. The number of carbonyl (C=O) groups excluding carboxylic acids is 1. The average molecular weight is 593 g/mol. The highest BCUT2D eigenvalue weighted by Gasteiger charge is 2.29. The molecule has 0 saturated heterocycles. The minimum atomic E-state index is -3.61. The van der Waals surface area contributed by atoms with Crippen LogP contribution in [-0.4, -0.2) is 67.8 Å². The summed E-state index contributed by atoms with van der Waals surface area (Å²) in [5, 5.41) is 0.666. The first kappa shape index (κ1) is 31.5. The van der Waals surface area contributed by atoms with Crippen LogP contribution in [-0.2, 0) is 16.4 Å². The number of hydrogen-bond donors (Lipinski definition) is 0. The van der Waals surface area contributed by atoms with Gasteiger partial charge in [-0.25, -0.2) is 13.4 Å². The van der Waals surface area contributed by atoms with Gasteiger partial charge in [-0.15, -0.1) is 12.4 Å². The molecule has 0 atom stereocenters. The third kappa shape index (κ3) is 7.19. The van der Waals surface area contributed by atoms with Crippen LogP contribution in [0.2, 0.25) is 0 Å². The second-order valence-corrected chi connectivity index (χ2v) is 13.0. The first-order valence-corrected chi connectivity index (χ1v) is 16.1. The van der Waals surface area contributed by atoms with E-state index < -0.39 is 10.0 Å². The maximum absolute atomic E-state index is 13.8. The van der Waals surface area contributed by atoms with Gasteiger partial charge in [-0.05, 0) is 74.3 Å². The molecule has 1 aliphatic carbocycles. The number of aryl methyl sites for hydroxylation is 1. The lowest BCUT2D eigenvalue weighted by Crippen LogP contribution is -2.39. The molecule has 0 radical (unpaired) electrons. The number of nitrogens with zero attached hydrogens (tertiary/aromatic N) is 4. The fourth-order valence-corrected chi connectivity index (χ4v) is 7.56. The number of benzene rings is 2. The van der Waals surface area contributed by atoms with Crippen LogP contribution in [0.25, 0.3) is 10.2 Å². The van der Waals surface area contributed by atoms with Gasteiger partial charge in [0, 0.05) is 31.7 Å². The number of sulfonamides is 1. The molecule has 10 heteroatoms. The molecule has 214 valence electrons. The maximum atomic E-state index is 13.8. The van der Waals surface area contributed by atoms with Gasteiger partial charge in [0.05, 0.1) is 15.1 Å². The lowest BCUT2D eigenvalue weighted by Gasteiger charge is -2.30. The Balaban J connectivity index is 0.00000420. The summed E-state index contributed by atoms with van der Waals surface area (Å²) in [7, 11) is -1.94. The largest absolute Gasteiger partial charge is 0.302 e. The van der Waals surface area contributed by atoms with Gasteiger partial charge in [0.25, 0.3) is 5.91 Å². The Morgan fingerprint density at radius 1 is 0.974 bits per heavy atom. The summed E-state index contributed by atoms with van der Waals surface area (Å²) in [6.45, 7) is 9.39. The number of likely N-dealkylation sites (N-methyl/N-ethyl adjacent to an activating group) is 1. The van der Waals surface area contributed by atoms with Crippen molar-refractivity contribution in [1.82, 2.24) is 14.2 Å². The Bertz CT molecular complexity index is 1330. The SMILES string of the molecule is CCc1ccc2nc(N(CCN(CC)CC)C(=O)c3ccc(S(=O)(=O)N(C)C4CCCCC4)cc3)sc2c1.Cl. The Morgan fingerprint density at radius 2 is 1.64 bits per heavy atom. The van der Waals surface area contributed by atoms with Crippen molar-refractivity contribution < 1.29 is 13.2 Å². The molecule has 0 aliphatic heterocycles. The van der Waals surface area contributed by atoms with Crippen LogP contribution in [0, 0.1) is 0 Å². The molecule has 0 unspecified atom stereocenters. The zero-order valence-corrected chi connectivity index (χ0v) is 25.9. The highest BCUT2D eigenvalue weighted by atomic mass is 35.5. The predicted octanol–water partition coefficient (Wildman–Crippen LogP) is 6.22. The molecule has 1 aliphatic rings. The van der Waals surface area contributed by atoms with E-state index >= 15 is 0 Å². The highest BCUT2D eigenvalue weighted by Crippen LogP contribution is 2.31. The van der Waals surface area contributed by atoms with E-state index in [0.717, 1.165) is 62.0 Å². The molecule has 3 aromatic rings. The molecule has 0 bridgehead atoms. The van der Waals surface area contributed by atoms with Crippen LogP contribution in [0.3, 0.4) is 0 Å². The van der Waals surface area contributed by atoms with Crippen LogP contribution >= 0.6 is 23.7 Å². The standard InChI is InChI=1S/C29H40N4O3S2.ClH/c1-5-22-13-18-26-27(21-22)37-29(30-26)33(20-19-32(6-2)7-3)28(34)23-14-16-25(17-15-23)38(35,36)31(4)24-11-9-8-10-12-24;/h13-18,21,24H,5-12,19-20H2,1-4H3;1H. The molecule has 7 nitrogen and oxygen atoms in total. The van der Waals surface area contributed by atoms with Crippen LogP contribution in [0.1, 0.15) is 68.8 Å². The van der Waals surface area contributed by atoms with E-state index in [4.69, 9.17) is 4.98 Å². The van der Waals surface area contributed by atoms with Gasteiger partial charge < -0.3 is 4.90 Å². The van der Waals surface area contributed by atoms with E-state index in [1.807, 2.05) is 6.07 Å². The second-order valence-electron chi connectivity index (χ2n) is 9.97. The average Bonchev–Trinajstić information content (AvgIpc) is 3.38. The highest BCUT2D eigenvalue weighted by molar-refractivity contribution is 7.89. The number of rotatable bonds is 11. The minimum Gasteiger partial charge on any atom is -0.302 e. The predicted molar refractivity (Wildman–Crippen MR) is 164 cm³/mol. The third-order valence-electron chi connectivity index (χ3n) is 7.73. The van der Waals surface area contributed by atoms with Crippen LogP contribution in [0.5, 0.6) is 0 Å². The number of carbonyl (C=O) groups is 1. The smallest absolute Gasteiger partial charge is 0.260 e. The third-order valence-corrected chi connectivity index (χ3v) is 10.7. The fourth-order valence-electron chi connectivity index (χ4n) is 5.09. The number of amides is 1. The van der Waals surface area contributed by atoms with Gasteiger partial charge in [-0.2, -0.15) is 4.31 Å².